The molecule has 0 radical (unpaired) electrons. The zero-order valence-corrected chi connectivity index (χ0v) is 68.3. The van der Waals surface area contributed by atoms with Gasteiger partial charge in [0.2, 0.25) is 29.9 Å². The minimum absolute atomic E-state index is 0.0158. The molecule has 2 aliphatic rings. The summed E-state index contributed by atoms with van der Waals surface area (Å²) in [5.41, 5.74) is 2.81. The van der Waals surface area contributed by atoms with Gasteiger partial charge < -0.3 is 87.3 Å². The molecule has 4 N–H and O–H groups in total. The molecule has 0 aliphatic carbocycles. The number of ether oxygens (including phenoxy) is 12. The topological polar surface area (TPSA) is 340 Å². The second-order valence-electron chi connectivity index (χ2n) is 30.3. The van der Waals surface area contributed by atoms with Gasteiger partial charge in [0.25, 0.3) is 0 Å². The number of esters is 1. The quantitative estimate of drug-likeness (QED) is 0.0207. The smallest absolute Gasteiger partial charge is 0.431 e. The monoisotopic (exact) mass is 1540 g/mol. The van der Waals surface area contributed by atoms with Crippen LogP contribution in [0, 0.1) is 41.4 Å². The molecule has 2 aromatic rings. The van der Waals surface area contributed by atoms with Gasteiger partial charge in [-0.25, -0.2) is 9.59 Å². The minimum atomic E-state index is -1.08. The number of aliphatic hydroxyl groups is 1. The van der Waals surface area contributed by atoms with E-state index < -0.39 is 109 Å². The van der Waals surface area contributed by atoms with Crippen LogP contribution >= 0.6 is 0 Å². The fraction of sp³-hybridized carbons (Fsp3) is 0.738. The molecule has 2 heterocycles. The summed E-state index contributed by atoms with van der Waals surface area (Å²) in [5, 5.41) is 16.8. The van der Waals surface area contributed by atoms with Crippen LogP contribution in [0.4, 0.5) is 15.3 Å². The lowest BCUT2D eigenvalue weighted by Gasteiger charge is -2.42. The molecule has 6 amide bonds. The Morgan fingerprint density at radius 1 is 0.725 bits per heavy atom. The van der Waals surface area contributed by atoms with Crippen LogP contribution in [0.2, 0.25) is 0 Å². The summed E-state index contributed by atoms with van der Waals surface area (Å²) in [6.45, 7) is 30.7. The average molecular weight is 1540 g/mol. The number of aliphatic hydroxyl groups excluding tert-OH is 1. The number of nitrogens with one attached hydrogen (secondary N) is 3. The fourth-order valence-corrected chi connectivity index (χ4v) is 13.6. The lowest BCUT2D eigenvalue weighted by molar-refractivity contribution is -0.243. The first-order valence-electron chi connectivity index (χ1n) is 38.7. The number of carbonyl (C=O) groups is 9. The van der Waals surface area contributed by atoms with Gasteiger partial charge in [-0.3, -0.25) is 38.4 Å². The molecule has 15 atom stereocenters. The molecule has 0 bridgehead atoms. The third kappa shape index (κ3) is 32.0. The Hall–Kier alpha value is -6.93. The molecule has 0 saturated carbocycles. The Balaban J connectivity index is 1.35. The summed E-state index contributed by atoms with van der Waals surface area (Å²) in [6.07, 6.45) is -4.07. The highest BCUT2D eigenvalue weighted by atomic mass is 16.7. The highest BCUT2D eigenvalue weighted by Gasteiger charge is 2.46. The van der Waals surface area contributed by atoms with Crippen LogP contribution in [0.3, 0.4) is 0 Å². The molecule has 29 nitrogen and oxygen atoms in total. The van der Waals surface area contributed by atoms with E-state index >= 15 is 4.79 Å². The van der Waals surface area contributed by atoms with Crippen molar-refractivity contribution in [1.82, 2.24) is 25.5 Å². The normalized spacial score (nSPS) is 19.8. The van der Waals surface area contributed by atoms with Gasteiger partial charge in [0, 0.05) is 97.2 Å². The molecule has 29 heteroatoms. The molecule has 109 heavy (non-hydrogen) atoms. The van der Waals surface area contributed by atoms with Crippen molar-refractivity contribution in [1.29, 1.82) is 0 Å². The maximum atomic E-state index is 15.1. The zero-order valence-electron chi connectivity index (χ0n) is 68.3. The van der Waals surface area contributed by atoms with Crippen molar-refractivity contribution in [2.45, 2.75) is 235 Å². The molecule has 2 aromatic carbocycles. The molecule has 0 spiro atoms. The zero-order chi connectivity index (χ0) is 81.1. The van der Waals surface area contributed by atoms with Crippen molar-refractivity contribution in [3.05, 3.63) is 59.7 Å². The Kier molecular flexibility index (Phi) is 42.3. The first kappa shape index (κ1) is 94.4. The van der Waals surface area contributed by atoms with E-state index in [1.807, 2.05) is 66.7 Å². The Morgan fingerprint density at radius 3 is 1.89 bits per heavy atom. The number of benzene rings is 2. The second kappa shape index (κ2) is 48.8. The summed E-state index contributed by atoms with van der Waals surface area (Å²) in [6, 6.07) is 11.1. The van der Waals surface area contributed by atoms with E-state index in [9.17, 15) is 43.5 Å². The van der Waals surface area contributed by atoms with Gasteiger partial charge >= 0.3 is 18.2 Å². The predicted molar refractivity (Wildman–Crippen MR) is 406 cm³/mol. The lowest BCUT2D eigenvalue weighted by Crippen LogP contribution is -2.55. The van der Waals surface area contributed by atoms with Crippen molar-refractivity contribution in [2.24, 2.45) is 41.4 Å². The van der Waals surface area contributed by atoms with Gasteiger partial charge in [0.15, 0.2) is 11.9 Å². The van der Waals surface area contributed by atoms with E-state index in [4.69, 9.17) is 61.7 Å². The Bertz CT molecular complexity index is 3100. The van der Waals surface area contributed by atoms with Crippen LogP contribution in [0.1, 0.15) is 179 Å². The van der Waals surface area contributed by atoms with Gasteiger partial charge in [0.05, 0.1) is 127 Å². The van der Waals surface area contributed by atoms with Gasteiger partial charge in [0.1, 0.15) is 23.7 Å². The fourth-order valence-electron chi connectivity index (χ4n) is 13.6. The number of hydrogen-bond donors (Lipinski definition) is 4. The minimum Gasteiger partial charge on any atom is -0.460 e. The Labute approximate surface area is 646 Å². The third-order valence-electron chi connectivity index (χ3n) is 20.1. The van der Waals surface area contributed by atoms with Crippen LogP contribution in [0.25, 0.3) is 0 Å². The average Bonchev–Trinajstić information content (AvgIpc) is 1.74. The molecule has 4 rings (SSSR count). The van der Waals surface area contributed by atoms with Gasteiger partial charge in [-0.05, 0) is 101 Å². The number of amides is 6. The van der Waals surface area contributed by atoms with Crippen LogP contribution in [-0.4, -0.2) is 241 Å². The molecular weight excluding hydrogens is 1410 g/mol. The van der Waals surface area contributed by atoms with Crippen LogP contribution in [-0.2, 0) is 97.1 Å². The van der Waals surface area contributed by atoms with E-state index in [1.165, 1.54) is 33.1 Å². The first-order valence-corrected chi connectivity index (χ1v) is 38.7. The summed E-state index contributed by atoms with van der Waals surface area (Å²) in [4.78, 5) is 133. The van der Waals surface area contributed by atoms with Gasteiger partial charge in [-0.1, -0.05) is 99.1 Å². The van der Waals surface area contributed by atoms with E-state index in [2.05, 4.69) is 16.1 Å². The number of likely N-dealkylation sites (tertiary alicyclic amines) is 1. The van der Waals surface area contributed by atoms with E-state index in [-0.39, 0.29) is 116 Å². The summed E-state index contributed by atoms with van der Waals surface area (Å²) < 4.78 is 69.4. The maximum absolute atomic E-state index is 15.1. The number of carbonyl (C=O) groups excluding carboxylic acids is 9. The number of Topliss-reactive ketones (excluding diaryl/α,β-unsaturated/α-hetero) is 2. The number of anilines is 1. The van der Waals surface area contributed by atoms with Crippen LogP contribution < -0.4 is 20.9 Å². The van der Waals surface area contributed by atoms with Crippen molar-refractivity contribution in [2.75, 3.05) is 113 Å². The van der Waals surface area contributed by atoms with Crippen molar-refractivity contribution < 1.29 is 110 Å². The molecule has 618 valence electrons. The Morgan fingerprint density at radius 2 is 1.33 bits per heavy atom. The van der Waals surface area contributed by atoms with Gasteiger partial charge in [-0.15, -0.1) is 0 Å². The van der Waals surface area contributed by atoms with E-state index in [1.54, 1.807) is 95.6 Å². The second-order valence-corrected chi connectivity index (χ2v) is 30.3. The molecule has 2 fully saturated rings. The number of nitrogens with zero attached hydrogens (tertiary/aromatic N) is 3. The highest BCUT2D eigenvalue weighted by Crippen LogP contribution is 2.37. The molecule has 5 unspecified atom stereocenters. The van der Waals surface area contributed by atoms with Crippen molar-refractivity contribution in [3.63, 3.8) is 0 Å². The summed E-state index contributed by atoms with van der Waals surface area (Å²) >= 11 is 0. The molecule has 2 aliphatic heterocycles. The maximum Gasteiger partial charge on any atom is 0.431 e. The van der Waals surface area contributed by atoms with Crippen molar-refractivity contribution >= 4 is 59.0 Å². The SMILES string of the molecule is CC[C@H](C)[C@@H]([C@@H](CC(=O)N1CCC[C@H]1[C@H](OC)[C@@H](C)C(=O)N[C@H](C)[C@@H](O)c1ccccc1)OC)N(C)C(=O)[C@@H](CC(=O)[C@H](C(C)C)N(C)C(=O)OCc1cc(NC(=O)CCC(=O)CCCOCCOCCOCCOCCOCCONC(=O)OC(C)(C)C)ccc1OC1OC(C)C(C)C(C)C1OC(C)=O)C(C)C. The summed E-state index contributed by atoms with van der Waals surface area (Å²) in [7, 11) is 6.16. The molecule has 0 aromatic heterocycles. The van der Waals surface area contributed by atoms with Crippen LogP contribution in [0.5, 0.6) is 5.75 Å². The largest absolute Gasteiger partial charge is 0.460 e. The number of hydrogen-bond acceptors (Lipinski definition) is 23. The highest BCUT2D eigenvalue weighted by molar-refractivity contribution is 5.94. The van der Waals surface area contributed by atoms with Crippen LogP contribution in [0.15, 0.2) is 48.5 Å². The van der Waals surface area contributed by atoms with E-state index in [0.717, 1.165) is 0 Å². The number of ketones is 2. The molecular formula is C80H130N6O23. The number of likely N-dealkylation sites (N-methyl/N-ethyl adjacent to an activating group) is 2. The number of methoxy groups -OCH3 is 2. The van der Waals surface area contributed by atoms with E-state index in [0.29, 0.717) is 103 Å². The number of rotatable bonds is 50. The van der Waals surface area contributed by atoms with Gasteiger partial charge in [-0.2, -0.15) is 5.48 Å². The predicted octanol–water partition coefficient (Wildman–Crippen LogP) is 9.60. The summed E-state index contributed by atoms with van der Waals surface area (Å²) in [5.74, 6) is -4.91. The molecule has 2 saturated heterocycles. The lowest BCUT2D eigenvalue weighted by atomic mass is 9.83. The third-order valence-corrected chi connectivity index (χ3v) is 20.1. The standard InChI is InChI=1S/C80H130N6O23/c1-20-52(6)71(67(97-18)48-69(91)86-34-24-29-64(86)73(98-19)55(9)75(93)81-56(10)72(92)59-26-22-21-23-27-59)84(16)76(94)63(50(2)3)47-65(89)70(51(4)5)85(17)79(96)104-49-60-46-61(30-32-66(60)108-77-74(107-58(12)87)54(8)53(7)57(11)106-77)82-68(90)33-31-62(88)28-25-35-99-36-37-100-38-39-101-40-41-102-42-43-103-44-45-105-83-78(95)109-80(13,14)15/h21-23,26-27,30,32,46,50-57,63-64,67,70-74,77,92H,20,24-25,28-29,31,33-45,47-49H2,1-19H3,(H,81,93)(H,82,90)(H,83,95)/t52-,53?,54?,55+,56+,57?,63-,64-,67+,70-,71-,72+,73+,74?,77?/m0/s1. The first-order chi connectivity index (χ1) is 51.7. The van der Waals surface area contributed by atoms with Crippen molar-refractivity contribution in [3.8, 4) is 5.75 Å². The number of hydroxylamine groups is 1.